The summed E-state index contributed by atoms with van der Waals surface area (Å²) in [6.07, 6.45) is 35.3. The van der Waals surface area contributed by atoms with E-state index in [4.69, 9.17) is 0 Å². The summed E-state index contributed by atoms with van der Waals surface area (Å²) in [6.45, 7) is 8.15. The lowest BCUT2D eigenvalue weighted by molar-refractivity contribution is 0.104. The van der Waals surface area contributed by atoms with Crippen LogP contribution in [0, 0.1) is 0 Å². The van der Waals surface area contributed by atoms with Gasteiger partial charge in [0, 0.05) is 13.1 Å². The monoisotopic (exact) mass is 583 g/mol. The molecule has 0 rings (SSSR count). The molecule has 0 aliphatic heterocycles. The van der Waals surface area contributed by atoms with Gasteiger partial charge in [0.1, 0.15) is 0 Å². The van der Waals surface area contributed by atoms with Crippen LogP contribution in [0.1, 0.15) is 187 Å². The summed E-state index contributed by atoms with van der Waals surface area (Å²) in [6, 6.07) is 0. The zero-order valence-electron chi connectivity index (χ0n) is 28.9. The number of aliphatic hydroxyl groups is 2. The molecule has 41 heavy (non-hydrogen) atoms. The molecule has 0 aromatic heterocycles. The minimum Gasteiger partial charge on any atom is -0.392 e. The van der Waals surface area contributed by atoms with Crippen LogP contribution in [0.2, 0.25) is 0 Å². The fourth-order valence-electron chi connectivity index (χ4n) is 6.14. The molecular weight excluding hydrogens is 504 g/mol. The van der Waals surface area contributed by atoms with Crippen LogP contribution < -0.4 is 0 Å². The summed E-state index contributed by atoms with van der Waals surface area (Å²) >= 11 is 0. The molecule has 0 radical (unpaired) electrons. The van der Waals surface area contributed by atoms with Gasteiger partial charge in [-0.2, -0.15) is 0 Å². The van der Waals surface area contributed by atoms with Gasteiger partial charge in [0.2, 0.25) is 0 Å². The molecule has 0 aliphatic rings. The van der Waals surface area contributed by atoms with E-state index in [9.17, 15) is 10.2 Å². The average molecular weight is 583 g/mol. The van der Waals surface area contributed by atoms with E-state index in [1.807, 2.05) is 0 Å². The fraction of sp³-hybridized carbons (Fsp3) is 1.00. The van der Waals surface area contributed by atoms with Crippen LogP contribution in [-0.2, 0) is 0 Å². The second kappa shape index (κ2) is 32.7. The van der Waals surface area contributed by atoms with Crippen molar-refractivity contribution < 1.29 is 10.2 Å². The van der Waals surface area contributed by atoms with Crippen LogP contribution >= 0.6 is 0 Å². The molecule has 2 unspecified atom stereocenters. The van der Waals surface area contributed by atoms with Gasteiger partial charge >= 0.3 is 0 Å². The first kappa shape index (κ1) is 40.8. The highest BCUT2D eigenvalue weighted by atomic mass is 16.3. The van der Waals surface area contributed by atoms with Gasteiger partial charge in [-0.15, -0.1) is 0 Å². The summed E-state index contributed by atoms with van der Waals surface area (Å²) in [5.74, 6) is 0. The Morgan fingerprint density at radius 3 is 0.878 bits per heavy atom. The Bertz CT molecular complexity index is 448. The molecular formula is C37H78N2O2. The van der Waals surface area contributed by atoms with Crippen molar-refractivity contribution in [3.8, 4) is 0 Å². The van der Waals surface area contributed by atoms with Gasteiger partial charge < -0.3 is 20.0 Å². The summed E-state index contributed by atoms with van der Waals surface area (Å²) in [5, 5.41) is 20.9. The SMILES string of the molecule is CCCCCCCCCCCCCCC(O)CN(C)CCCN(C)CC(O)CCCCCCCCCCCCCC. The van der Waals surface area contributed by atoms with Crippen molar-refractivity contribution in [3.05, 3.63) is 0 Å². The molecule has 0 bridgehead atoms. The van der Waals surface area contributed by atoms with Crippen molar-refractivity contribution in [3.63, 3.8) is 0 Å². The average Bonchev–Trinajstić information content (AvgIpc) is 2.94. The number of hydrogen-bond donors (Lipinski definition) is 2. The third-order valence-corrected chi connectivity index (χ3v) is 8.91. The van der Waals surface area contributed by atoms with Crippen LogP contribution in [0.25, 0.3) is 0 Å². The van der Waals surface area contributed by atoms with E-state index in [1.54, 1.807) is 0 Å². The Hall–Kier alpha value is -0.160. The van der Waals surface area contributed by atoms with E-state index in [0.29, 0.717) is 0 Å². The van der Waals surface area contributed by atoms with Crippen LogP contribution in [0.15, 0.2) is 0 Å². The van der Waals surface area contributed by atoms with Crippen LogP contribution in [0.3, 0.4) is 0 Å². The number of rotatable bonds is 34. The van der Waals surface area contributed by atoms with Gasteiger partial charge in [-0.05, 0) is 46.4 Å². The predicted molar refractivity (Wildman–Crippen MR) is 183 cm³/mol. The van der Waals surface area contributed by atoms with E-state index in [1.165, 1.54) is 141 Å². The smallest absolute Gasteiger partial charge is 0.0667 e. The number of unbranched alkanes of at least 4 members (excludes halogenated alkanes) is 22. The Balaban J connectivity index is 3.50. The first-order valence-electron chi connectivity index (χ1n) is 18.7. The van der Waals surface area contributed by atoms with Crippen molar-refractivity contribution in [2.24, 2.45) is 0 Å². The lowest BCUT2D eigenvalue weighted by Crippen LogP contribution is -2.34. The lowest BCUT2D eigenvalue weighted by atomic mass is 10.0. The molecule has 0 aromatic carbocycles. The lowest BCUT2D eigenvalue weighted by Gasteiger charge is -2.24. The molecule has 0 amide bonds. The molecule has 0 saturated heterocycles. The van der Waals surface area contributed by atoms with Crippen molar-refractivity contribution in [2.75, 3.05) is 40.3 Å². The van der Waals surface area contributed by atoms with E-state index in [2.05, 4.69) is 37.7 Å². The second-order valence-electron chi connectivity index (χ2n) is 13.5. The maximum absolute atomic E-state index is 10.4. The number of nitrogens with zero attached hydrogens (tertiary/aromatic N) is 2. The maximum Gasteiger partial charge on any atom is 0.0667 e. The summed E-state index contributed by atoms with van der Waals surface area (Å²) in [7, 11) is 4.27. The summed E-state index contributed by atoms with van der Waals surface area (Å²) in [4.78, 5) is 4.56. The quantitative estimate of drug-likeness (QED) is 0.0741. The van der Waals surface area contributed by atoms with Gasteiger partial charge in [-0.1, -0.05) is 168 Å². The molecule has 248 valence electrons. The first-order valence-corrected chi connectivity index (χ1v) is 18.7. The zero-order valence-corrected chi connectivity index (χ0v) is 28.9. The molecule has 2 N–H and O–H groups in total. The van der Waals surface area contributed by atoms with Gasteiger partial charge in [-0.3, -0.25) is 0 Å². The van der Waals surface area contributed by atoms with E-state index >= 15 is 0 Å². The third-order valence-electron chi connectivity index (χ3n) is 8.91. The van der Waals surface area contributed by atoms with Crippen LogP contribution in [0.5, 0.6) is 0 Å². The number of hydrogen-bond acceptors (Lipinski definition) is 4. The van der Waals surface area contributed by atoms with E-state index < -0.39 is 0 Å². The molecule has 0 fully saturated rings. The number of aliphatic hydroxyl groups excluding tert-OH is 2. The highest BCUT2D eigenvalue weighted by Gasteiger charge is 2.11. The minimum absolute atomic E-state index is 0.196. The van der Waals surface area contributed by atoms with Crippen molar-refractivity contribution in [1.29, 1.82) is 0 Å². The van der Waals surface area contributed by atoms with Gasteiger partial charge in [0.05, 0.1) is 12.2 Å². The minimum atomic E-state index is -0.196. The molecule has 4 heteroatoms. The number of likely N-dealkylation sites (N-methyl/N-ethyl adjacent to an activating group) is 2. The first-order chi connectivity index (χ1) is 20.0. The molecule has 0 spiro atoms. The van der Waals surface area contributed by atoms with Gasteiger partial charge in [-0.25, -0.2) is 0 Å². The summed E-state index contributed by atoms with van der Waals surface area (Å²) in [5.41, 5.74) is 0. The topological polar surface area (TPSA) is 46.9 Å². The van der Waals surface area contributed by atoms with Gasteiger partial charge in [0.15, 0.2) is 0 Å². The fourth-order valence-corrected chi connectivity index (χ4v) is 6.14. The summed E-state index contributed by atoms with van der Waals surface area (Å²) < 4.78 is 0. The standard InChI is InChI=1S/C37H78N2O2/c1-5-7-9-11-13-15-17-19-21-23-25-27-30-36(40)34-38(3)32-29-33-39(4)35-37(41)31-28-26-24-22-20-18-16-14-12-10-8-6-2/h36-37,40-41H,5-35H2,1-4H3. The van der Waals surface area contributed by atoms with Crippen molar-refractivity contribution in [1.82, 2.24) is 9.80 Å². The Labute approximate surface area is 259 Å². The highest BCUT2D eigenvalue weighted by Crippen LogP contribution is 2.15. The van der Waals surface area contributed by atoms with Gasteiger partial charge in [0.25, 0.3) is 0 Å². The predicted octanol–water partition coefficient (Wildman–Crippen LogP) is 10.1. The Kier molecular flexibility index (Phi) is 32.6. The molecule has 0 heterocycles. The molecule has 4 nitrogen and oxygen atoms in total. The van der Waals surface area contributed by atoms with E-state index in [0.717, 1.165) is 58.3 Å². The van der Waals surface area contributed by atoms with Crippen LogP contribution in [-0.4, -0.2) is 72.5 Å². The zero-order chi connectivity index (χ0) is 30.2. The van der Waals surface area contributed by atoms with Crippen LogP contribution in [0.4, 0.5) is 0 Å². The molecule has 0 saturated carbocycles. The molecule has 2 atom stereocenters. The highest BCUT2D eigenvalue weighted by molar-refractivity contribution is 4.66. The Morgan fingerprint density at radius 2 is 0.610 bits per heavy atom. The third kappa shape index (κ3) is 32.6. The van der Waals surface area contributed by atoms with Crippen molar-refractivity contribution in [2.45, 2.75) is 199 Å². The second-order valence-corrected chi connectivity index (χ2v) is 13.5. The van der Waals surface area contributed by atoms with E-state index in [-0.39, 0.29) is 12.2 Å². The van der Waals surface area contributed by atoms with Crippen molar-refractivity contribution >= 4 is 0 Å². The Morgan fingerprint density at radius 1 is 0.366 bits per heavy atom. The molecule has 0 aromatic rings. The molecule has 0 aliphatic carbocycles. The largest absolute Gasteiger partial charge is 0.392 e. The normalized spacial score (nSPS) is 13.5. The maximum atomic E-state index is 10.4.